The molecule has 0 radical (unpaired) electrons. The van der Waals surface area contributed by atoms with Gasteiger partial charge in [-0.05, 0) is 66.6 Å². The first-order chi connectivity index (χ1) is 16.5. The largest absolute Gasteiger partial charge is 0.497 e. The summed E-state index contributed by atoms with van der Waals surface area (Å²) in [7, 11) is 3.26. The van der Waals surface area contributed by atoms with Crippen molar-refractivity contribution in [2.75, 3.05) is 27.3 Å². The van der Waals surface area contributed by atoms with E-state index in [1.165, 1.54) is 0 Å². The maximum absolute atomic E-state index is 13.2. The molecule has 0 aliphatic heterocycles. The van der Waals surface area contributed by atoms with Crippen LogP contribution < -0.4 is 14.8 Å². The smallest absolute Gasteiger partial charge is 0.234 e. The highest BCUT2D eigenvalue weighted by Gasteiger charge is 2.21. The van der Waals surface area contributed by atoms with Gasteiger partial charge in [-0.15, -0.1) is 0 Å². The molecule has 1 atom stereocenters. The minimum absolute atomic E-state index is 0.0314. The van der Waals surface area contributed by atoms with Crippen molar-refractivity contribution < 1.29 is 14.3 Å². The molecule has 0 saturated heterocycles. The summed E-state index contributed by atoms with van der Waals surface area (Å²) < 4.78 is 10.6. The number of carbonyl (C=O) groups excluding carboxylic acids is 1. The van der Waals surface area contributed by atoms with Crippen molar-refractivity contribution in [1.82, 2.24) is 10.2 Å². The Morgan fingerprint density at radius 3 is 1.76 bits per heavy atom. The van der Waals surface area contributed by atoms with E-state index in [0.717, 1.165) is 28.2 Å². The second kappa shape index (κ2) is 11.9. The number of carbonyl (C=O) groups is 1. The molecule has 34 heavy (non-hydrogen) atoms. The van der Waals surface area contributed by atoms with Gasteiger partial charge in [-0.2, -0.15) is 5.26 Å². The molecule has 3 rings (SSSR count). The molecule has 1 unspecified atom stereocenters. The maximum atomic E-state index is 13.2. The van der Waals surface area contributed by atoms with E-state index in [0.29, 0.717) is 12.1 Å². The lowest BCUT2D eigenvalue weighted by molar-refractivity contribution is -0.123. The fraction of sp³-hybridized carbons (Fsp3) is 0.286. The summed E-state index contributed by atoms with van der Waals surface area (Å²) in [6.45, 7) is 5.07. The topological polar surface area (TPSA) is 74.6 Å². The van der Waals surface area contributed by atoms with Gasteiger partial charge in [0.15, 0.2) is 0 Å². The molecule has 0 aliphatic rings. The van der Waals surface area contributed by atoms with Crippen molar-refractivity contribution in [3.05, 3.63) is 95.1 Å². The zero-order valence-electron chi connectivity index (χ0n) is 20.1. The highest BCUT2D eigenvalue weighted by Crippen LogP contribution is 2.26. The second-order valence-corrected chi connectivity index (χ2v) is 8.02. The average molecular weight is 458 g/mol. The Hall–Kier alpha value is -3.82. The van der Waals surface area contributed by atoms with Crippen LogP contribution in [0.15, 0.2) is 72.8 Å². The van der Waals surface area contributed by atoms with Crippen LogP contribution in [0.5, 0.6) is 11.5 Å². The number of nitrogens with zero attached hydrogens (tertiary/aromatic N) is 2. The van der Waals surface area contributed by atoms with Gasteiger partial charge in [0.25, 0.3) is 0 Å². The van der Waals surface area contributed by atoms with E-state index in [4.69, 9.17) is 14.7 Å². The van der Waals surface area contributed by atoms with Crippen molar-refractivity contribution in [3.8, 4) is 17.6 Å². The Kier molecular flexibility index (Phi) is 8.66. The molecule has 3 aromatic carbocycles. The first-order valence-electron chi connectivity index (χ1n) is 11.3. The summed E-state index contributed by atoms with van der Waals surface area (Å²) in [5.41, 5.74) is 3.61. The lowest BCUT2D eigenvalue weighted by Gasteiger charge is -2.29. The molecule has 0 heterocycles. The molecule has 0 fully saturated rings. The molecule has 6 nitrogen and oxygen atoms in total. The average Bonchev–Trinajstić information content (AvgIpc) is 2.90. The maximum Gasteiger partial charge on any atom is 0.234 e. The summed E-state index contributed by atoms with van der Waals surface area (Å²) in [5, 5.41) is 12.3. The molecule has 0 aliphatic carbocycles. The predicted octanol–water partition coefficient (Wildman–Crippen LogP) is 4.86. The molecule has 1 N–H and O–H groups in total. The quantitative estimate of drug-likeness (QED) is 0.470. The van der Waals surface area contributed by atoms with E-state index < -0.39 is 0 Å². The number of rotatable bonds is 10. The molecule has 176 valence electrons. The number of nitrogens with one attached hydrogen (secondary N) is 1. The van der Waals surface area contributed by atoms with Gasteiger partial charge in [-0.25, -0.2) is 0 Å². The minimum atomic E-state index is -0.312. The molecule has 0 spiro atoms. The van der Waals surface area contributed by atoms with Gasteiger partial charge in [-0.1, -0.05) is 43.3 Å². The van der Waals surface area contributed by atoms with Crippen LogP contribution in [0.25, 0.3) is 0 Å². The van der Waals surface area contributed by atoms with Crippen LogP contribution in [0, 0.1) is 11.3 Å². The molecule has 6 heteroatoms. The summed E-state index contributed by atoms with van der Waals surface area (Å²) >= 11 is 0. The van der Waals surface area contributed by atoms with Gasteiger partial charge in [0, 0.05) is 6.04 Å². The number of methoxy groups -OCH3 is 2. The van der Waals surface area contributed by atoms with Crippen molar-refractivity contribution in [1.29, 1.82) is 5.26 Å². The van der Waals surface area contributed by atoms with E-state index >= 15 is 0 Å². The highest BCUT2D eigenvalue weighted by atomic mass is 16.5. The molecular formula is C28H31N3O3. The number of nitriles is 1. The fourth-order valence-electron chi connectivity index (χ4n) is 3.91. The number of ether oxygens (including phenoxy) is 2. The van der Waals surface area contributed by atoms with E-state index in [1.807, 2.05) is 79.7 Å². The van der Waals surface area contributed by atoms with Crippen molar-refractivity contribution in [2.45, 2.75) is 25.9 Å². The predicted molar refractivity (Wildman–Crippen MR) is 133 cm³/mol. The van der Waals surface area contributed by atoms with Crippen molar-refractivity contribution in [3.63, 3.8) is 0 Å². The van der Waals surface area contributed by atoms with Crippen LogP contribution in [-0.4, -0.2) is 38.1 Å². The number of hydrogen-bond donors (Lipinski definition) is 1. The van der Waals surface area contributed by atoms with Crippen LogP contribution in [0.1, 0.15) is 48.2 Å². The first kappa shape index (κ1) is 24.8. The van der Waals surface area contributed by atoms with Gasteiger partial charge in [0.05, 0.1) is 38.4 Å². The van der Waals surface area contributed by atoms with Crippen LogP contribution in [0.3, 0.4) is 0 Å². The Morgan fingerprint density at radius 1 is 0.882 bits per heavy atom. The standard InChI is InChI=1S/C28H31N3O3/c1-5-31(20(2)22-8-6-21(18-29)7-9-22)19-27(32)30-28(23-10-14-25(33-3)15-11-23)24-12-16-26(34-4)17-13-24/h6-17,20,28H,5,19H2,1-4H3,(H,30,32). The molecule has 3 aromatic rings. The van der Waals surface area contributed by atoms with Crippen molar-refractivity contribution >= 4 is 5.91 Å². The molecule has 0 bridgehead atoms. The van der Waals surface area contributed by atoms with Gasteiger partial charge >= 0.3 is 0 Å². The zero-order chi connectivity index (χ0) is 24.5. The zero-order valence-corrected chi connectivity index (χ0v) is 20.1. The third kappa shape index (κ3) is 6.15. The first-order valence-corrected chi connectivity index (χ1v) is 11.3. The van der Waals surface area contributed by atoms with Gasteiger partial charge in [0.1, 0.15) is 11.5 Å². The van der Waals surface area contributed by atoms with E-state index in [9.17, 15) is 4.79 Å². The number of likely N-dealkylation sites (N-methyl/N-ethyl adjacent to an activating group) is 1. The Morgan fingerprint density at radius 2 is 1.35 bits per heavy atom. The number of amides is 1. The van der Waals surface area contributed by atoms with E-state index in [1.54, 1.807) is 14.2 Å². The normalized spacial score (nSPS) is 11.7. The summed E-state index contributed by atoms with van der Waals surface area (Å²) in [6, 6.07) is 24.8. The summed E-state index contributed by atoms with van der Waals surface area (Å²) in [4.78, 5) is 15.3. The number of hydrogen-bond acceptors (Lipinski definition) is 5. The lowest BCUT2D eigenvalue weighted by atomic mass is 9.98. The molecule has 1 amide bonds. The molecule has 0 aromatic heterocycles. The Bertz CT molecular complexity index is 1060. The number of benzene rings is 3. The van der Waals surface area contributed by atoms with E-state index in [2.05, 4.69) is 23.2 Å². The van der Waals surface area contributed by atoms with Crippen LogP contribution in [0.2, 0.25) is 0 Å². The van der Waals surface area contributed by atoms with Crippen LogP contribution >= 0.6 is 0 Å². The van der Waals surface area contributed by atoms with Crippen LogP contribution in [-0.2, 0) is 4.79 Å². The summed E-state index contributed by atoms with van der Waals surface area (Å²) in [5.74, 6) is 1.45. The van der Waals surface area contributed by atoms with Gasteiger partial charge in [0.2, 0.25) is 5.91 Å². The van der Waals surface area contributed by atoms with Gasteiger partial charge < -0.3 is 14.8 Å². The minimum Gasteiger partial charge on any atom is -0.497 e. The summed E-state index contributed by atoms with van der Waals surface area (Å²) in [6.07, 6.45) is 0. The second-order valence-electron chi connectivity index (χ2n) is 8.02. The third-order valence-corrected chi connectivity index (χ3v) is 6.03. The monoisotopic (exact) mass is 457 g/mol. The Balaban J connectivity index is 1.79. The lowest BCUT2D eigenvalue weighted by Crippen LogP contribution is -2.40. The molecular weight excluding hydrogens is 426 g/mol. The fourth-order valence-corrected chi connectivity index (χ4v) is 3.91. The Labute approximate surface area is 201 Å². The SMILES string of the molecule is CCN(CC(=O)NC(c1ccc(OC)cc1)c1ccc(OC)cc1)C(C)c1ccc(C#N)cc1. The van der Waals surface area contributed by atoms with E-state index in [-0.39, 0.29) is 24.5 Å². The van der Waals surface area contributed by atoms with Crippen LogP contribution in [0.4, 0.5) is 0 Å². The molecule has 0 saturated carbocycles. The highest BCUT2D eigenvalue weighted by molar-refractivity contribution is 5.79. The third-order valence-electron chi connectivity index (χ3n) is 6.03. The van der Waals surface area contributed by atoms with Crippen molar-refractivity contribution in [2.24, 2.45) is 0 Å². The van der Waals surface area contributed by atoms with Gasteiger partial charge in [-0.3, -0.25) is 9.69 Å².